The van der Waals surface area contributed by atoms with Crippen LogP contribution in [0.2, 0.25) is 0 Å². The maximum Gasteiger partial charge on any atom is 0.118 e. The number of nitrogens with zero attached hydrogens (tertiary/aromatic N) is 1. The fourth-order valence-electron chi connectivity index (χ4n) is 2.48. The number of nitrogens with one attached hydrogen (secondary N) is 1. The minimum atomic E-state index is 0.528. The first-order valence-corrected chi connectivity index (χ1v) is 7.42. The second kappa shape index (κ2) is 7.68. The standard InChI is InChI=1S/C15H26N2O2/c1-3-5-16-9-13-8-15(19-11-13)10-17-6-7-18-12-14(17)4-2/h8,11,14,16H,3-7,9-10,12H2,1-2H3. The third kappa shape index (κ3) is 4.34. The van der Waals surface area contributed by atoms with Crippen LogP contribution in [0, 0.1) is 0 Å². The van der Waals surface area contributed by atoms with E-state index in [1.165, 1.54) is 5.56 Å². The van der Waals surface area contributed by atoms with E-state index in [1.54, 1.807) is 0 Å². The maximum absolute atomic E-state index is 5.67. The Bertz CT molecular complexity index is 365. The fourth-order valence-corrected chi connectivity index (χ4v) is 2.48. The Hall–Kier alpha value is -0.840. The lowest BCUT2D eigenvalue weighted by Gasteiger charge is -2.34. The molecule has 0 aliphatic carbocycles. The van der Waals surface area contributed by atoms with Crippen molar-refractivity contribution in [3.8, 4) is 0 Å². The van der Waals surface area contributed by atoms with Gasteiger partial charge in [-0.15, -0.1) is 0 Å². The summed E-state index contributed by atoms with van der Waals surface area (Å²) in [6, 6.07) is 2.70. The van der Waals surface area contributed by atoms with E-state index in [9.17, 15) is 0 Å². The molecule has 1 atom stereocenters. The molecular weight excluding hydrogens is 240 g/mol. The van der Waals surface area contributed by atoms with Crippen LogP contribution in [0.3, 0.4) is 0 Å². The van der Waals surface area contributed by atoms with E-state index in [-0.39, 0.29) is 0 Å². The molecule has 1 aromatic heterocycles. The molecule has 1 aliphatic heterocycles. The summed E-state index contributed by atoms with van der Waals surface area (Å²) in [5, 5.41) is 3.39. The van der Waals surface area contributed by atoms with Crippen molar-refractivity contribution in [1.82, 2.24) is 10.2 Å². The van der Waals surface area contributed by atoms with Gasteiger partial charge in [0, 0.05) is 24.7 Å². The highest BCUT2D eigenvalue weighted by Gasteiger charge is 2.22. The number of rotatable bonds is 7. The predicted molar refractivity (Wildman–Crippen MR) is 76.0 cm³/mol. The topological polar surface area (TPSA) is 37.6 Å². The lowest BCUT2D eigenvalue weighted by atomic mass is 10.1. The molecule has 1 saturated heterocycles. The van der Waals surface area contributed by atoms with Crippen LogP contribution in [-0.2, 0) is 17.8 Å². The van der Waals surface area contributed by atoms with Gasteiger partial charge >= 0.3 is 0 Å². The molecule has 1 unspecified atom stereocenters. The summed E-state index contributed by atoms with van der Waals surface area (Å²) < 4.78 is 11.2. The highest BCUT2D eigenvalue weighted by molar-refractivity contribution is 5.12. The zero-order chi connectivity index (χ0) is 13.5. The number of hydrogen-bond acceptors (Lipinski definition) is 4. The van der Waals surface area contributed by atoms with Crippen LogP contribution in [0.1, 0.15) is 38.0 Å². The summed E-state index contributed by atoms with van der Waals surface area (Å²) >= 11 is 0. The Balaban J connectivity index is 1.84. The largest absolute Gasteiger partial charge is 0.468 e. The number of furan rings is 1. The Kier molecular flexibility index (Phi) is 5.89. The van der Waals surface area contributed by atoms with Crippen molar-refractivity contribution >= 4 is 0 Å². The lowest BCUT2D eigenvalue weighted by molar-refractivity contribution is -0.0153. The van der Waals surface area contributed by atoms with Crippen molar-refractivity contribution in [2.24, 2.45) is 0 Å². The average molecular weight is 266 g/mol. The summed E-state index contributed by atoms with van der Waals surface area (Å²) in [5.74, 6) is 1.06. The van der Waals surface area contributed by atoms with Crippen LogP contribution in [0.15, 0.2) is 16.7 Å². The molecule has 1 N–H and O–H groups in total. The minimum absolute atomic E-state index is 0.528. The molecule has 0 saturated carbocycles. The summed E-state index contributed by atoms with van der Waals surface area (Å²) in [7, 11) is 0. The monoisotopic (exact) mass is 266 g/mol. The van der Waals surface area contributed by atoms with Gasteiger partial charge in [-0.25, -0.2) is 0 Å². The van der Waals surface area contributed by atoms with Crippen molar-refractivity contribution in [3.05, 3.63) is 23.7 Å². The van der Waals surface area contributed by atoms with Crippen molar-refractivity contribution in [2.75, 3.05) is 26.3 Å². The third-order valence-electron chi connectivity index (χ3n) is 3.64. The van der Waals surface area contributed by atoms with Gasteiger partial charge in [0.2, 0.25) is 0 Å². The van der Waals surface area contributed by atoms with Crippen molar-refractivity contribution in [3.63, 3.8) is 0 Å². The summed E-state index contributed by atoms with van der Waals surface area (Å²) in [6.07, 6.45) is 4.17. The van der Waals surface area contributed by atoms with Gasteiger partial charge in [0.1, 0.15) is 5.76 Å². The minimum Gasteiger partial charge on any atom is -0.468 e. The molecule has 2 rings (SSSR count). The van der Waals surface area contributed by atoms with E-state index in [2.05, 4.69) is 30.1 Å². The van der Waals surface area contributed by atoms with Gasteiger partial charge in [-0.1, -0.05) is 13.8 Å². The quantitative estimate of drug-likeness (QED) is 0.769. The molecule has 1 aromatic rings. The van der Waals surface area contributed by atoms with E-state index < -0.39 is 0 Å². The van der Waals surface area contributed by atoms with Crippen molar-refractivity contribution in [2.45, 2.75) is 45.8 Å². The molecule has 0 radical (unpaired) electrons. The van der Waals surface area contributed by atoms with Crippen molar-refractivity contribution in [1.29, 1.82) is 0 Å². The average Bonchev–Trinajstić information content (AvgIpc) is 2.87. The van der Waals surface area contributed by atoms with Crippen LogP contribution in [-0.4, -0.2) is 37.2 Å². The molecule has 1 fully saturated rings. The Morgan fingerprint density at radius 3 is 3.11 bits per heavy atom. The predicted octanol–water partition coefficient (Wildman–Crippen LogP) is 2.39. The van der Waals surface area contributed by atoms with Gasteiger partial charge in [-0.3, -0.25) is 4.90 Å². The molecule has 2 heterocycles. The SMILES string of the molecule is CCCNCc1coc(CN2CCOCC2CC)c1. The molecule has 1 aliphatic rings. The first kappa shape index (κ1) is 14.6. The zero-order valence-electron chi connectivity index (χ0n) is 12.2. The maximum atomic E-state index is 5.67. The third-order valence-corrected chi connectivity index (χ3v) is 3.64. The molecule has 0 bridgehead atoms. The summed E-state index contributed by atoms with van der Waals surface area (Å²) in [6.45, 7) is 9.94. The molecule has 0 amide bonds. The normalized spacial score (nSPS) is 20.8. The highest BCUT2D eigenvalue weighted by Crippen LogP contribution is 2.16. The van der Waals surface area contributed by atoms with Gasteiger partial charge in [0.25, 0.3) is 0 Å². The van der Waals surface area contributed by atoms with Crippen LogP contribution in [0.5, 0.6) is 0 Å². The highest BCUT2D eigenvalue weighted by atomic mass is 16.5. The van der Waals surface area contributed by atoms with Crippen LogP contribution in [0.4, 0.5) is 0 Å². The molecule has 0 aromatic carbocycles. The fraction of sp³-hybridized carbons (Fsp3) is 0.733. The number of morpholine rings is 1. The van der Waals surface area contributed by atoms with E-state index in [1.807, 2.05) is 6.26 Å². The second-order valence-electron chi connectivity index (χ2n) is 5.21. The smallest absolute Gasteiger partial charge is 0.118 e. The molecule has 0 spiro atoms. The number of ether oxygens (including phenoxy) is 1. The molecule has 19 heavy (non-hydrogen) atoms. The van der Waals surface area contributed by atoms with Crippen molar-refractivity contribution < 1.29 is 9.15 Å². The van der Waals surface area contributed by atoms with Gasteiger partial charge < -0.3 is 14.5 Å². The molecular formula is C15H26N2O2. The summed E-state index contributed by atoms with van der Waals surface area (Å²) in [4.78, 5) is 2.46. The summed E-state index contributed by atoms with van der Waals surface area (Å²) in [5.41, 5.74) is 1.24. The van der Waals surface area contributed by atoms with E-state index in [0.717, 1.165) is 58.0 Å². The molecule has 4 nitrogen and oxygen atoms in total. The van der Waals surface area contributed by atoms with Crippen LogP contribution >= 0.6 is 0 Å². The molecule has 4 heteroatoms. The first-order valence-electron chi connectivity index (χ1n) is 7.42. The second-order valence-corrected chi connectivity index (χ2v) is 5.21. The van der Waals surface area contributed by atoms with Gasteiger partial charge in [-0.05, 0) is 25.5 Å². The van der Waals surface area contributed by atoms with E-state index >= 15 is 0 Å². The van der Waals surface area contributed by atoms with E-state index in [0.29, 0.717) is 6.04 Å². The zero-order valence-corrected chi connectivity index (χ0v) is 12.2. The van der Waals surface area contributed by atoms with Gasteiger partial charge in [-0.2, -0.15) is 0 Å². The van der Waals surface area contributed by atoms with Crippen LogP contribution in [0.25, 0.3) is 0 Å². The first-order chi connectivity index (χ1) is 9.33. The Morgan fingerprint density at radius 2 is 2.32 bits per heavy atom. The van der Waals surface area contributed by atoms with Crippen LogP contribution < -0.4 is 5.32 Å². The Labute approximate surface area is 116 Å². The lowest BCUT2D eigenvalue weighted by Crippen LogP contribution is -2.44. The van der Waals surface area contributed by atoms with Gasteiger partial charge in [0.15, 0.2) is 0 Å². The molecule has 108 valence electrons. The number of hydrogen-bond donors (Lipinski definition) is 1. The van der Waals surface area contributed by atoms with E-state index in [4.69, 9.17) is 9.15 Å². The Morgan fingerprint density at radius 1 is 1.42 bits per heavy atom. The van der Waals surface area contributed by atoms with Gasteiger partial charge in [0.05, 0.1) is 26.0 Å².